The number of hydrogen-bond acceptors (Lipinski definition) is 6. The maximum atomic E-state index is 11.8. The molecule has 2 amide bonds. The van der Waals surface area contributed by atoms with E-state index in [9.17, 15) is 9.90 Å². The maximum absolute atomic E-state index is 11.8. The molecular weight excluding hydrogens is 434 g/mol. The van der Waals surface area contributed by atoms with Crippen LogP contribution < -0.4 is 20.9 Å². The van der Waals surface area contributed by atoms with Crippen LogP contribution in [0.1, 0.15) is 51.5 Å². The minimum Gasteiger partial charge on any atom is -0.493 e. The fourth-order valence-corrected chi connectivity index (χ4v) is 4.14. The number of aliphatic hydroxyl groups excluding tert-OH is 1. The van der Waals surface area contributed by atoms with Gasteiger partial charge in [0.05, 0.1) is 19.8 Å². The number of methoxy groups -OCH3 is 2. The molecule has 1 saturated carbocycles. The van der Waals surface area contributed by atoms with Gasteiger partial charge in [0, 0.05) is 39.3 Å². The van der Waals surface area contributed by atoms with E-state index in [1.54, 1.807) is 14.2 Å². The molecule has 5 N–H and O–H groups in total. The minimum absolute atomic E-state index is 0.177. The van der Waals surface area contributed by atoms with Crippen molar-refractivity contribution in [1.29, 1.82) is 0 Å². The summed E-state index contributed by atoms with van der Waals surface area (Å²) >= 11 is 0. The Morgan fingerprint density at radius 1 is 1.21 bits per heavy atom. The van der Waals surface area contributed by atoms with Crippen molar-refractivity contribution in [2.24, 2.45) is 29.2 Å². The summed E-state index contributed by atoms with van der Waals surface area (Å²) in [6, 6.07) is 5.06. The second kappa shape index (κ2) is 14.4. The normalized spacial score (nSPS) is 16.2. The van der Waals surface area contributed by atoms with Gasteiger partial charge < -0.3 is 35.7 Å². The predicted octanol–water partition coefficient (Wildman–Crippen LogP) is 3.18. The Morgan fingerprint density at radius 3 is 2.53 bits per heavy atom. The predicted molar refractivity (Wildman–Crippen MR) is 134 cm³/mol. The third-order valence-electron chi connectivity index (χ3n) is 6.71. The molecule has 8 nitrogen and oxygen atoms in total. The summed E-state index contributed by atoms with van der Waals surface area (Å²) in [5.74, 6) is 2.74. The molecule has 0 aromatic heterocycles. The molecule has 8 heteroatoms. The Bertz CT molecular complexity index is 741. The van der Waals surface area contributed by atoms with Crippen molar-refractivity contribution in [3.05, 3.63) is 23.8 Å². The van der Waals surface area contributed by atoms with Crippen LogP contribution in [0.3, 0.4) is 0 Å². The summed E-state index contributed by atoms with van der Waals surface area (Å²) in [5.41, 5.74) is 13.1. The van der Waals surface area contributed by atoms with Crippen LogP contribution in [0.2, 0.25) is 0 Å². The van der Waals surface area contributed by atoms with Gasteiger partial charge in [0.2, 0.25) is 0 Å². The van der Waals surface area contributed by atoms with E-state index in [-0.39, 0.29) is 12.5 Å². The zero-order valence-electron chi connectivity index (χ0n) is 21.4. The molecule has 0 heterocycles. The van der Waals surface area contributed by atoms with Crippen LogP contribution in [-0.4, -0.2) is 68.7 Å². The number of nitrogens with two attached hydrogens (primary N) is 2. The third kappa shape index (κ3) is 9.68. The van der Waals surface area contributed by atoms with E-state index in [0.717, 1.165) is 30.6 Å². The van der Waals surface area contributed by atoms with Crippen molar-refractivity contribution in [1.82, 2.24) is 4.90 Å². The zero-order valence-corrected chi connectivity index (χ0v) is 21.4. The van der Waals surface area contributed by atoms with Gasteiger partial charge in [0.15, 0.2) is 11.5 Å². The first-order valence-electron chi connectivity index (χ1n) is 12.5. The first-order chi connectivity index (χ1) is 16.2. The minimum atomic E-state index is -0.816. The first-order valence-corrected chi connectivity index (χ1v) is 12.5. The number of aliphatic hydroxyl groups is 1. The van der Waals surface area contributed by atoms with E-state index in [0.29, 0.717) is 43.8 Å². The van der Waals surface area contributed by atoms with Crippen molar-refractivity contribution in [2.75, 3.05) is 40.5 Å². The average Bonchev–Trinajstić information content (AvgIpc) is 3.63. The molecule has 1 aromatic carbocycles. The molecule has 3 atom stereocenters. The highest BCUT2D eigenvalue weighted by atomic mass is 16.5. The number of rotatable bonds is 17. The molecule has 194 valence electrons. The van der Waals surface area contributed by atoms with Gasteiger partial charge in [-0.25, -0.2) is 4.79 Å². The van der Waals surface area contributed by atoms with Crippen molar-refractivity contribution in [3.8, 4) is 11.5 Å². The second-order valence-electron chi connectivity index (χ2n) is 9.87. The van der Waals surface area contributed by atoms with Crippen LogP contribution in [0.15, 0.2) is 18.2 Å². The molecular formula is C26H45N3O5. The lowest BCUT2D eigenvalue weighted by Crippen LogP contribution is -2.48. The first kappa shape index (κ1) is 28.2. The fraction of sp³-hybridized carbons (Fsp3) is 0.731. The SMILES string of the molecule is COCCCOc1cc(CC(CC(N)C(O)CN(CCC2CC2)C(N)=O)C(C)C)ccc1OC. The lowest BCUT2D eigenvalue weighted by atomic mass is 9.83. The van der Waals surface area contributed by atoms with Gasteiger partial charge in [-0.3, -0.25) is 0 Å². The molecule has 0 saturated heterocycles. The molecule has 3 unspecified atom stereocenters. The van der Waals surface area contributed by atoms with Gasteiger partial charge >= 0.3 is 6.03 Å². The molecule has 1 aliphatic carbocycles. The van der Waals surface area contributed by atoms with E-state index in [4.69, 9.17) is 25.7 Å². The number of hydrogen-bond donors (Lipinski definition) is 3. The summed E-state index contributed by atoms with van der Waals surface area (Å²) in [4.78, 5) is 13.4. The standard InChI is InChI=1S/C26H45N3O5/c1-18(2)21(14-20-8-9-24(33-4)25(15-20)34-13-5-12-32-3)16-22(27)23(30)17-29(26(28)31)11-10-19-6-7-19/h8-9,15,18-19,21-23,30H,5-7,10-14,16-17,27H2,1-4H3,(H2,28,31). The topological polar surface area (TPSA) is 120 Å². The quantitative estimate of drug-likeness (QED) is 0.295. The van der Waals surface area contributed by atoms with Crippen molar-refractivity contribution < 1.29 is 24.1 Å². The Morgan fingerprint density at radius 2 is 1.94 bits per heavy atom. The third-order valence-corrected chi connectivity index (χ3v) is 6.71. The van der Waals surface area contributed by atoms with E-state index < -0.39 is 18.2 Å². The Hall–Kier alpha value is -2.03. The Labute approximate surface area is 204 Å². The number of benzene rings is 1. The van der Waals surface area contributed by atoms with E-state index in [1.807, 2.05) is 18.2 Å². The van der Waals surface area contributed by atoms with E-state index >= 15 is 0 Å². The maximum Gasteiger partial charge on any atom is 0.314 e. The smallest absolute Gasteiger partial charge is 0.314 e. The van der Waals surface area contributed by atoms with Gasteiger partial charge in [0.25, 0.3) is 0 Å². The summed E-state index contributed by atoms with van der Waals surface area (Å²) in [5, 5.41) is 10.7. The average molecular weight is 480 g/mol. The molecule has 34 heavy (non-hydrogen) atoms. The highest BCUT2D eigenvalue weighted by Gasteiger charge is 2.27. The van der Waals surface area contributed by atoms with Crippen LogP contribution >= 0.6 is 0 Å². The van der Waals surface area contributed by atoms with Crippen LogP contribution in [0, 0.1) is 17.8 Å². The second-order valence-corrected chi connectivity index (χ2v) is 9.87. The Balaban J connectivity index is 1.97. The lowest BCUT2D eigenvalue weighted by Gasteiger charge is -2.30. The number of ether oxygens (including phenoxy) is 3. The van der Waals surface area contributed by atoms with Gasteiger partial charge in [-0.2, -0.15) is 0 Å². The summed E-state index contributed by atoms with van der Waals surface area (Å²) in [7, 11) is 3.31. The van der Waals surface area contributed by atoms with Crippen molar-refractivity contribution >= 4 is 6.03 Å². The van der Waals surface area contributed by atoms with Crippen LogP contribution in [-0.2, 0) is 11.2 Å². The number of nitrogens with zero attached hydrogens (tertiary/aromatic N) is 1. The van der Waals surface area contributed by atoms with Crippen LogP contribution in [0.4, 0.5) is 4.79 Å². The number of primary amides is 1. The van der Waals surface area contributed by atoms with Crippen LogP contribution in [0.25, 0.3) is 0 Å². The van der Waals surface area contributed by atoms with Crippen molar-refractivity contribution in [2.45, 2.75) is 64.5 Å². The number of carbonyl (C=O) groups excluding carboxylic acids is 1. The van der Waals surface area contributed by atoms with Gasteiger partial charge in [0.1, 0.15) is 0 Å². The fourth-order valence-electron chi connectivity index (χ4n) is 4.14. The molecule has 0 bridgehead atoms. The monoisotopic (exact) mass is 479 g/mol. The molecule has 0 radical (unpaired) electrons. The molecule has 1 aromatic rings. The van der Waals surface area contributed by atoms with Crippen molar-refractivity contribution in [3.63, 3.8) is 0 Å². The molecule has 0 aliphatic heterocycles. The highest BCUT2D eigenvalue weighted by Crippen LogP contribution is 2.33. The highest BCUT2D eigenvalue weighted by molar-refractivity contribution is 5.72. The largest absolute Gasteiger partial charge is 0.493 e. The summed E-state index contributed by atoms with van der Waals surface area (Å²) < 4.78 is 16.5. The molecule has 1 aliphatic rings. The molecule has 0 spiro atoms. The van der Waals surface area contributed by atoms with Gasteiger partial charge in [-0.1, -0.05) is 32.8 Å². The number of urea groups is 1. The zero-order chi connectivity index (χ0) is 25.1. The molecule has 2 rings (SSSR count). The number of amides is 2. The Kier molecular flexibility index (Phi) is 11.9. The summed E-state index contributed by atoms with van der Waals surface area (Å²) in [6.07, 6.45) is 4.80. The van der Waals surface area contributed by atoms with Crippen LogP contribution in [0.5, 0.6) is 11.5 Å². The van der Waals surface area contributed by atoms with Gasteiger partial charge in [-0.15, -0.1) is 0 Å². The molecule has 1 fully saturated rings. The van der Waals surface area contributed by atoms with E-state index in [1.165, 1.54) is 17.7 Å². The van der Waals surface area contributed by atoms with Gasteiger partial charge in [-0.05, 0) is 54.7 Å². The summed E-state index contributed by atoms with van der Waals surface area (Å²) in [6.45, 7) is 6.29. The van der Waals surface area contributed by atoms with E-state index in [2.05, 4.69) is 13.8 Å². The number of carbonyl (C=O) groups is 1. The lowest BCUT2D eigenvalue weighted by molar-refractivity contribution is 0.0901.